The third-order valence-corrected chi connectivity index (χ3v) is 4.76. The van der Waals surface area contributed by atoms with Crippen LogP contribution in [0, 0.1) is 6.92 Å². The molecule has 1 amide bonds. The molecule has 0 spiro atoms. The Kier molecular flexibility index (Phi) is 4.45. The molecule has 0 aliphatic rings. The van der Waals surface area contributed by atoms with E-state index < -0.39 is 0 Å². The van der Waals surface area contributed by atoms with E-state index >= 15 is 0 Å². The summed E-state index contributed by atoms with van der Waals surface area (Å²) in [4.78, 5) is 14.0. The van der Waals surface area contributed by atoms with Crippen LogP contribution in [0.15, 0.2) is 36.4 Å². The average Bonchev–Trinajstić information content (AvgIpc) is 3.09. The number of nitrogens with two attached hydrogens (primary N) is 1. The Balaban J connectivity index is 1.89. The molecule has 5 nitrogen and oxygen atoms in total. The van der Waals surface area contributed by atoms with Crippen LogP contribution in [0.2, 0.25) is 0 Å². The third-order valence-electron chi connectivity index (χ3n) is 3.65. The molecule has 2 aromatic heterocycles. The summed E-state index contributed by atoms with van der Waals surface area (Å²) < 4.78 is 1.90. The number of carbonyl (C=O) groups is 1. The van der Waals surface area contributed by atoms with Gasteiger partial charge < -0.3 is 11.1 Å². The minimum atomic E-state index is -0.0501. The molecule has 1 aromatic carbocycles. The van der Waals surface area contributed by atoms with Gasteiger partial charge in [-0.25, -0.2) is 4.68 Å². The molecule has 0 saturated carbocycles. The fourth-order valence-electron chi connectivity index (χ4n) is 2.40. The van der Waals surface area contributed by atoms with Gasteiger partial charge in [0.15, 0.2) is 0 Å². The lowest BCUT2D eigenvalue weighted by atomic mass is 10.2. The summed E-state index contributed by atoms with van der Waals surface area (Å²) in [5, 5.41) is 8.53. The highest BCUT2D eigenvalue weighted by atomic mass is 32.1. The van der Waals surface area contributed by atoms with Gasteiger partial charge in [0, 0.05) is 18.0 Å². The van der Waals surface area contributed by atoms with E-state index in [1.807, 2.05) is 54.9 Å². The number of thiophene rings is 1. The van der Waals surface area contributed by atoms with E-state index in [1.54, 1.807) is 0 Å². The first kappa shape index (κ1) is 15.7. The fraction of sp³-hybridized carbons (Fsp3) is 0.294. The van der Waals surface area contributed by atoms with Gasteiger partial charge in [0.05, 0.1) is 16.3 Å². The second-order valence-corrected chi connectivity index (χ2v) is 6.71. The predicted molar refractivity (Wildman–Crippen MR) is 94.3 cm³/mol. The van der Waals surface area contributed by atoms with Crippen molar-refractivity contribution in [2.24, 2.45) is 5.73 Å². The van der Waals surface area contributed by atoms with Crippen molar-refractivity contribution < 1.29 is 4.79 Å². The number of nitrogens with zero attached hydrogens (tertiary/aromatic N) is 2. The van der Waals surface area contributed by atoms with Crippen LogP contribution in [0.5, 0.6) is 0 Å². The van der Waals surface area contributed by atoms with Gasteiger partial charge in [-0.15, -0.1) is 11.3 Å². The van der Waals surface area contributed by atoms with Crippen LogP contribution in [-0.4, -0.2) is 28.3 Å². The molecule has 0 aliphatic carbocycles. The zero-order chi connectivity index (χ0) is 16.4. The third kappa shape index (κ3) is 3.28. The quantitative estimate of drug-likeness (QED) is 0.756. The van der Waals surface area contributed by atoms with Crippen molar-refractivity contribution in [1.82, 2.24) is 15.1 Å². The molecular weight excluding hydrogens is 308 g/mol. The second kappa shape index (κ2) is 6.52. The van der Waals surface area contributed by atoms with E-state index in [0.717, 1.165) is 28.0 Å². The van der Waals surface area contributed by atoms with Crippen LogP contribution in [0.4, 0.5) is 0 Å². The monoisotopic (exact) mass is 328 g/mol. The van der Waals surface area contributed by atoms with Crippen LogP contribution in [0.25, 0.3) is 15.9 Å². The van der Waals surface area contributed by atoms with Gasteiger partial charge in [-0.3, -0.25) is 4.79 Å². The maximum Gasteiger partial charge on any atom is 0.261 e. The Labute approximate surface area is 139 Å². The molecule has 0 radical (unpaired) electrons. The zero-order valence-electron chi connectivity index (χ0n) is 13.2. The van der Waals surface area contributed by atoms with Gasteiger partial charge >= 0.3 is 0 Å². The lowest BCUT2D eigenvalue weighted by molar-refractivity contribution is 0.0957. The number of fused-ring (bicyclic) bond motifs is 1. The Morgan fingerprint density at radius 2 is 2.13 bits per heavy atom. The van der Waals surface area contributed by atoms with Crippen molar-refractivity contribution in [1.29, 1.82) is 0 Å². The Morgan fingerprint density at radius 1 is 1.39 bits per heavy atom. The lowest BCUT2D eigenvalue weighted by Gasteiger charge is -2.05. The molecule has 1 unspecified atom stereocenters. The minimum Gasteiger partial charge on any atom is -0.351 e. The van der Waals surface area contributed by atoms with Crippen LogP contribution < -0.4 is 11.1 Å². The van der Waals surface area contributed by atoms with Gasteiger partial charge in [-0.1, -0.05) is 18.2 Å². The predicted octanol–water partition coefficient (Wildman–Crippen LogP) is 2.86. The van der Waals surface area contributed by atoms with Crippen molar-refractivity contribution in [2.45, 2.75) is 26.3 Å². The number of amides is 1. The molecule has 3 rings (SSSR count). The summed E-state index contributed by atoms with van der Waals surface area (Å²) in [5.41, 5.74) is 7.63. The molecule has 3 N–H and O–H groups in total. The number of carbonyl (C=O) groups excluding carboxylic acids is 1. The van der Waals surface area contributed by atoms with Crippen molar-refractivity contribution in [2.75, 3.05) is 6.54 Å². The Bertz CT molecular complexity index is 820. The van der Waals surface area contributed by atoms with Crippen LogP contribution in [-0.2, 0) is 0 Å². The highest BCUT2D eigenvalue weighted by Crippen LogP contribution is 2.30. The average molecular weight is 328 g/mol. The topological polar surface area (TPSA) is 72.9 Å². The molecule has 0 aliphatic heterocycles. The van der Waals surface area contributed by atoms with E-state index in [4.69, 9.17) is 5.73 Å². The zero-order valence-corrected chi connectivity index (χ0v) is 14.1. The molecule has 0 bridgehead atoms. The summed E-state index contributed by atoms with van der Waals surface area (Å²) in [6.45, 7) is 4.49. The van der Waals surface area contributed by atoms with Crippen molar-refractivity contribution in [3.05, 3.63) is 47.0 Å². The molecule has 1 atom stereocenters. The number of hydrogen-bond acceptors (Lipinski definition) is 4. The van der Waals surface area contributed by atoms with Gasteiger partial charge in [-0.05, 0) is 38.5 Å². The van der Waals surface area contributed by atoms with E-state index in [0.29, 0.717) is 11.4 Å². The normalized spacial score (nSPS) is 12.5. The summed E-state index contributed by atoms with van der Waals surface area (Å²) in [6.07, 6.45) is 0.771. The van der Waals surface area contributed by atoms with Crippen molar-refractivity contribution in [3.8, 4) is 5.69 Å². The van der Waals surface area contributed by atoms with E-state index in [9.17, 15) is 4.79 Å². The summed E-state index contributed by atoms with van der Waals surface area (Å²) in [7, 11) is 0. The summed E-state index contributed by atoms with van der Waals surface area (Å²) >= 11 is 1.46. The molecule has 23 heavy (non-hydrogen) atoms. The van der Waals surface area contributed by atoms with E-state index in [2.05, 4.69) is 10.4 Å². The van der Waals surface area contributed by atoms with Gasteiger partial charge in [-0.2, -0.15) is 5.10 Å². The van der Waals surface area contributed by atoms with Gasteiger partial charge in [0.25, 0.3) is 5.91 Å². The first-order valence-corrected chi connectivity index (χ1v) is 8.46. The number of para-hydroxylation sites is 1. The van der Waals surface area contributed by atoms with Crippen LogP contribution >= 0.6 is 11.3 Å². The number of hydrogen-bond donors (Lipinski definition) is 2. The maximum absolute atomic E-state index is 12.3. The van der Waals surface area contributed by atoms with Crippen molar-refractivity contribution in [3.63, 3.8) is 0 Å². The standard InChI is InChI=1S/C17H20N4OS/c1-11(18)8-9-19-16(22)15-10-14-12(2)20-21(17(14)23-15)13-6-4-3-5-7-13/h3-7,10-11H,8-9,18H2,1-2H3,(H,19,22). The molecule has 0 fully saturated rings. The smallest absolute Gasteiger partial charge is 0.261 e. The van der Waals surface area contributed by atoms with Crippen LogP contribution in [0.1, 0.15) is 28.7 Å². The highest BCUT2D eigenvalue weighted by molar-refractivity contribution is 7.20. The first-order chi connectivity index (χ1) is 11.1. The van der Waals surface area contributed by atoms with E-state index in [1.165, 1.54) is 11.3 Å². The largest absolute Gasteiger partial charge is 0.351 e. The number of benzene rings is 1. The molecule has 6 heteroatoms. The second-order valence-electron chi connectivity index (χ2n) is 5.68. The number of rotatable bonds is 5. The van der Waals surface area contributed by atoms with Gasteiger partial charge in [0.1, 0.15) is 4.83 Å². The molecule has 120 valence electrons. The Hall–Kier alpha value is -2.18. The lowest BCUT2D eigenvalue weighted by Crippen LogP contribution is -2.28. The van der Waals surface area contributed by atoms with Crippen molar-refractivity contribution >= 4 is 27.5 Å². The molecule has 0 saturated heterocycles. The summed E-state index contributed by atoms with van der Waals surface area (Å²) in [6, 6.07) is 12.0. The Morgan fingerprint density at radius 3 is 2.83 bits per heavy atom. The number of aromatic nitrogens is 2. The highest BCUT2D eigenvalue weighted by Gasteiger charge is 2.16. The number of nitrogens with one attached hydrogen (secondary N) is 1. The summed E-state index contributed by atoms with van der Waals surface area (Å²) in [5.74, 6) is -0.0501. The number of aryl methyl sites for hydroxylation is 1. The molecule has 3 aromatic rings. The van der Waals surface area contributed by atoms with Crippen LogP contribution in [0.3, 0.4) is 0 Å². The SMILES string of the molecule is Cc1nn(-c2ccccc2)c2sc(C(=O)NCCC(C)N)cc12. The molecular formula is C17H20N4OS. The fourth-order valence-corrected chi connectivity index (χ4v) is 3.50. The first-order valence-electron chi connectivity index (χ1n) is 7.64. The maximum atomic E-state index is 12.3. The molecule has 2 heterocycles. The van der Waals surface area contributed by atoms with E-state index in [-0.39, 0.29) is 11.9 Å². The van der Waals surface area contributed by atoms with Gasteiger partial charge in [0.2, 0.25) is 0 Å². The minimum absolute atomic E-state index is 0.0501.